The molecule has 2 atom stereocenters. The van der Waals surface area contributed by atoms with Crippen LogP contribution in [0.15, 0.2) is 36.4 Å². The Labute approximate surface area is 143 Å². The number of amides is 1. The topological polar surface area (TPSA) is 33.5 Å². The van der Waals surface area contributed by atoms with E-state index in [0.29, 0.717) is 11.6 Å². The van der Waals surface area contributed by atoms with Gasteiger partial charge in [0.2, 0.25) is 0 Å². The minimum Gasteiger partial charge on any atom is -0.324 e. The van der Waals surface area contributed by atoms with E-state index in [1.807, 2.05) is 18.2 Å². The van der Waals surface area contributed by atoms with Gasteiger partial charge in [-0.2, -0.15) is 0 Å². The van der Waals surface area contributed by atoms with Crippen molar-refractivity contribution >= 4 is 23.2 Å². The van der Waals surface area contributed by atoms with Gasteiger partial charge in [-0.15, -0.1) is 0 Å². The van der Waals surface area contributed by atoms with E-state index in [1.54, 1.807) is 20.0 Å². The number of hydrogen-bond donors (Lipinski definition) is 2. The molecular formula is C17H17ClF3N2O+. The third-order valence-corrected chi connectivity index (χ3v) is 4.22. The largest absolute Gasteiger partial charge is 0.324 e. The van der Waals surface area contributed by atoms with Crippen molar-refractivity contribution in [3.63, 3.8) is 0 Å². The highest BCUT2D eigenvalue weighted by Crippen LogP contribution is 2.19. The normalized spacial score (nSPS) is 13.4. The molecule has 128 valence electrons. The average molecular weight is 358 g/mol. The van der Waals surface area contributed by atoms with Crippen LogP contribution in [-0.2, 0) is 11.3 Å². The van der Waals surface area contributed by atoms with Gasteiger partial charge in [-0.3, -0.25) is 4.79 Å². The monoisotopic (exact) mass is 357 g/mol. The molecule has 1 amide bonds. The van der Waals surface area contributed by atoms with Crippen molar-refractivity contribution in [3.8, 4) is 0 Å². The molecule has 0 bridgehead atoms. The smallest absolute Gasteiger partial charge is 0.282 e. The summed E-state index contributed by atoms with van der Waals surface area (Å²) in [6.07, 6.45) is 0. The highest BCUT2D eigenvalue weighted by atomic mass is 35.5. The first-order valence-corrected chi connectivity index (χ1v) is 7.69. The summed E-state index contributed by atoms with van der Waals surface area (Å²) in [6.45, 7) is 2.13. The number of carbonyl (C=O) groups is 1. The van der Waals surface area contributed by atoms with E-state index in [2.05, 4.69) is 5.32 Å². The van der Waals surface area contributed by atoms with Crippen LogP contribution in [0.25, 0.3) is 0 Å². The molecule has 7 heteroatoms. The molecule has 0 radical (unpaired) electrons. The second kappa shape index (κ2) is 7.68. The molecule has 0 fully saturated rings. The first-order chi connectivity index (χ1) is 11.3. The Kier molecular flexibility index (Phi) is 5.85. The van der Waals surface area contributed by atoms with Crippen molar-refractivity contribution in [2.45, 2.75) is 19.5 Å². The van der Waals surface area contributed by atoms with Crippen molar-refractivity contribution in [1.29, 1.82) is 0 Å². The number of anilines is 1. The van der Waals surface area contributed by atoms with Gasteiger partial charge in [0.1, 0.15) is 6.54 Å². The number of benzene rings is 2. The molecule has 3 nitrogen and oxygen atoms in total. The van der Waals surface area contributed by atoms with Gasteiger partial charge in [0.05, 0.1) is 12.7 Å². The van der Waals surface area contributed by atoms with E-state index >= 15 is 0 Å². The van der Waals surface area contributed by atoms with Crippen molar-refractivity contribution in [1.82, 2.24) is 0 Å². The van der Waals surface area contributed by atoms with Gasteiger partial charge in [0.15, 0.2) is 23.5 Å². The van der Waals surface area contributed by atoms with E-state index < -0.39 is 35.1 Å². The van der Waals surface area contributed by atoms with E-state index in [4.69, 9.17) is 11.6 Å². The van der Waals surface area contributed by atoms with Gasteiger partial charge in [0.25, 0.3) is 5.91 Å². The average Bonchev–Trinajstić information content (AvgIpc) is 2.56. The van der Waals surface area contributed by atoms with E-state index in [-0.39, 0.29) is 0 Å². The van der Waals surface area contributed by atoms with E-state index in [0.717, 1.165) is 22.6 Å². The van der Waals surface area contributed by atoms with Gasteiger partial charge in [-0.1, -0.05) is 29.8 Å². The zero-order valence-electron chi connectivity index (χ0n) is 13.2. The quantitative estimate of drug-likeness (QED) is 0.793. The summed E-state index contributed by atoms with van der Waals surface area (Å²) >= 11 is 6.09. The summed E-state index contributed by atoms with van der Waals surface area (Å²) in [5.74, 6) is -4.85. The van der Waals surface area contributed by atoms with Crippen LogP contribution in [-0.4, -0.2) is 19.0 Å². The molecule has 0 spiro atoms. The molecule has 0 saturated heterocycles. The predicted molar refractivity (Wildman–Crippen MR) is 86.5 cm³/mol. The Balaban J connectivity index is 2.07. The van der Waals surface area contributed by atoms with Crippen LogP contribution in [0.5, 0.6) is 0 Å². The summed E-state index contributed by atoms with van der Waals surface area (Å²) in [5, 5.41) is 2.88. The fourth-order valence-electron chi connectivity index (χ4n) is 2.18. The standard InChI is InChI=1S/C17H16ClF3N2O/c1-10(23(2)9-11-5-3-4-6-12(11)18)17(24)22-14-8-7-13(19)15(20)16(14)21/h3-8,10H,9H2,1-2H3,(H,22,24)/p+1/t10-/m1/s1. The van der Waals surface area contributed by atoms with Gasteiger partial charge in [-0.25, -0.2) is 13.2 Å². The van der Waals surface area contributed by atoms with Crippen LogP contribution in [0, 0.1) is 17.5 Å². The SMILES string of the molecule is C[C@H](C(=O)Nc1ccc(F)c(F)c1F)[NH+](C)Cc1ccccc1Cl. The van der Waals surface area contributed by atoms with Gasteiger partial charge >= 0.3 is 0 Å². The lowest BCUT2D eigenvalue weighted by atomic mass is 10.2. The summed E-state index contributed by atoms with van der Waals surface area (Å²) in [7, 11) is 1.79. The molecular weight excluding hydrogens is 341 g/mol. The van der Waals surface area contributed by atoms with Crippen LogP contribution in [0.2, 0.25) is 5.02 Å². The second-order valence-electron chi connectivity index (χ2n) is 5.55. The van der Waals surface area contributed by atoms with Crippen molar-refractivity contribution in [2.75, 3.05) is 12.4 Å². The van der Waals surface area contributed by atoms with Crippen LogP contribution < -0.4 is 10.2 Å². The minimum absolute atomic E-state index is 0.392. The van der Waals surface area contributed by atoms with Crippen molar-refractivity contribution in [3.05, 3.63) is 64.4 Å². The molecule has 1 unspecified atom stereocenters. The highest BCUT2D eigenvalue weighted by molar-refractivity contribution is 6.31. The molecule has 0 saturated carbocycles. The Bertz CT molecular complexity index is 755. The van der Waals surface area contributed by atoms with Crippen molar-refractivity contribution in [2.24, 2.45) is 0 Å². The van der Waals surface area contributed by atoms with Gasteiger partial charge in [-0.05, 0) is 25.1 Å². The molecule has 0 heterocycles. The van der Waals surface area contributed by atoms with E-state index in [9.17, 15) is 18.0 Å². The highest BCUT2D eigenvalue weighted by Gasteiger charge is 2.24. The Morgan fingerprint density at radius 2 is 1.83 bits per heavy atom. The van der Waals surface area contributed by atoms with Crippen LogP contribution in [0.1, 0.15) is 12.5 Å². The van der Waals surface area contributed by atoms with Gasteiger partial charge < -0.3 is 10.2 Å². The Morgan fingerprint density at radius 3 is 2.50 bits per heavy atom. The number of rotatable bonds is 5. The zero-order chi connectivity index (χ0) is 17.9. The minimum atomic E-state index is -1.61. The predicted octanol–water partition coefficient (Wildman–Crippen LogP) is 2.80. The van der Waals surface area contributed by atoms with Crippen LogP contribution in [0.4, 0.5) is 18.9 Å². The Hall–Kier alpha value is -2.05. The summed E-state index contributed by atoms with van der Waals surface area (Å²) in [6, 6.07) is 8.45. The summed E-state index contributed by atoms with van der Waals surface area (Å²) < 4.78 is 39.8. The second-order valence-corrected chi connectivity index (χ2v) is 5.96. The molecule has 0 aromatic heterocycles. The molecule has 2 aromatic rings. The zero-order valence-corrected chi connectivity index (χ0v) is 13.9. The maximum atomic E-state index is 13.6. The molecule has 2 rings (SSSR count). The number of halogens is 4. The lowest BCUT2D eigenvalue weighted by Gasteiger charge is -2.21. The third-order valence-electron chi connectivity index (χ3n) is 3.85. The number of quaternary nitrogens is 1. The third kappa shape index (κ3) is 4.07. The lowest BCUT2D eigenvalue weighted by molar-refractivity contribution is -0.907. The lowest BCUT2D eigenvalue weighted by Crippen LogP contribution is -3.12. The van der Waals surface area contributed by atoms with Crippen LogP contribution >= 0.6 is 11.6 Å². The summed E-state index contributed by atoms with van der Waals surface area (Å²) in [5.41, 5.74) is 0.478. The first kappa shape index (κ1) is 18.3. The molecule has 2 N–H and O–H groups in total. The molecule has 24 heavy (non-hydrogen) atoms. The van der Waals surface area contributed by atoms with Crippen molar-refractivity contribution < 1.29 is 22.9 Å². The number of hydrogen-bond acceptors (Lipinski definition) is 1. The van der Waals surface area contributed by atoms with Gasteiger partial charge in [0, 0.05) is 10.6 Å². The maximum absolute atomic E-state index is 13.6. The number of likely N-dealkylation sites (N-methyl/N-ethyl adjacent to an activating group) is 1. The summed E-state index contributed by atoms with van der Waals surface area (Å²) in [4.78, 5) is 13.0. The molecule has 2 aromatic carbocycles. The van der Waals surface area contributed by atoms with Crippen LogP contribution in [0.3, 0.4) is 0 Å². The molecule has 0 aliphatic carbocycles. The maximum Gasteiger partial charge on any atom is 0.282 e. The fourth-order valence-corrected chi connectivity index (χ4v) is 2.39. The molecule has 0 aliphatic heterocycles. The first-order valence-electron chi connectivity index (χ1n) is 7.31. The van der Waals surface area contributed by atoms with E-state index in [1.165, 1.54) is 0 Å². The molecule has 0 aliphatic rings. The number of carbonyl (C=O) groups excluding carboxylic acids is 1. The number of nitrogens with one attached hydrogen (secondary N) is 2. The fraction of sp³-hybridized carbons (Fsp3) is 0.235. The Morgan fingerprint density at radius 1 is 1.17 bits per heavy atom.